The third-order valence-corrected chi connectivity index (χ3v) is 3.27. The number of hydrogen-bond donors (Lipinski definition) is 0. The fourth-order valence-electron chi connectivity index (χ4n) is 1.67. The lowest BCUT2D eigenvalue weighted by atomic mass is 10.2. The van der Waals surface area contributed by atoms with Gasteiger partial charge in [0.25, 0.3) is 0 Å². The highest BCUT2D eigenvalue weighted by Crippen LogP contribution is 2.25. The minimum absolute atomic E-state index is 0.647. The Balaban J connectivity index is 1.69. The molecule has 0 saturated heterocycles. The number of ether oxygens (including phenoxy) is 2. The molecule has 0 bridgehead atoms. The summed E-state index contributed by atoms with van der Waals surface area (Å²) < 4.78 is 12.3. The van der Waals surface area contributed by atoms with Crippen LogP contribution in [0.25, 0.3) is 0 Å². The van der Waals surface area contributed by atoms with Crippen LogP contribution in [-0.4, -0.2) is 13.2 Å². The van der Waals surface area contributed by atoms with E-state index in [2.05, 4.69) is 28.9 Å². The topological polar surface area (TPSA) is 18.5 Å². The zero-order chi connectivity index (χ0) is 13.5. The maximum Gasteiger partial charge on any atom is 0.133 e. The number of hydrogen-bond acceptors (Lipinski definition) is 2. The van der Waals surface area contributed by atoms with Crippen molar-refractivity contribution in [3.05, 3.63) is 58.6 Å². The standard InChI is InChI=1S/C16H17BrO2/c1-13-8-9-16(15(17)12-13)19-11-5-10-18-14-6-3-2-4-7-14/h2-4,6-9,12H,5,10-11H2,1H3. The van der Waals surface area contributed by atoms with Gasteiger partial charge in [-0.25, -0.2) is 0 Å². The van der Waals surface area contributed by atoms with E-state index in [0.29, 0.717) is 13.2 Å². The Labute approximate surface area is 122 Å². The predicted octanol–water partition coefficient (Wildman–Crippen LogP) is 4.61. The maximum absolute atomic E-state index is 5.70. The van der Waals surface area contributed by atoms with Crippen molar-refractivity contribution in [1.82, 2.24) is 0 Å². The number of rotatable bonds is 6. The lowest BCUT2D eigenvalue weighted by molar-refractivity contribution is 0.246. The van der Waals surface area contributed by atoms with Crippen LogP contribution in [0.15, 0.2) is 53.0 Å². The van der Waals surface area contributed by atoms with Crippen LogP contribution in [0.3, 0.4) is 0 Å². The average molecular weight is 321 g/mol. The van der Waals surface area contributed by atoms with Gasteiger partial charge in [0.2, 0.25) is 0 Å². The van der Waals surface area contributed by atoms with E-state index < -0.39 is 0 Å². The van der Waals surface area contributed by atoms with Crippen molar-refractivity contribution < 1.29 is 9.47 Å². The van der Waals surface area contributed by atoms with Gasteiger partial charge < -0.3 is 9.47 Å². The van der Waals surface area contributed by atoms with Gasteiger partial charge in [-0.3, -0.25) is 0 Å². The molecule has 0 N–H and O–H groups in total. The smallest absolute Gasteiger partial charge is 0.133 e. The van der Waals surface area contributed by atoms with E-state index in [1.807, 2.05) is 42.5 Å². The van der Waals surface area contributed by atoms with Gasteiger partial charge in [-0.2, -0.15) is 0 Å². The summed E-state index contributed by atoms with van der Waals surface area (Å²) in [7, 11) is 0. The van der Waals surface area contributed by atoms with E-state index in [9.17, 15) is 0 Å². The van der Waals surface area contributed by atoms with E-state index in [1.165, 1.54) is 5.56 Å². The monoisotopic (exact) mass is 320 g/mol. The van der Waals surface area contributed by atoms with E-state index in [1.54, 1.807) is 0 Å². The Hall–Kier alpha value is -1.48. The zero-order valence-corrected chi connectivity index (χ0v) is 12.5. The van der Waals surface area contributed by atoms with Gasteiger partial charge in [-0.1, -0.05) is 24.3 Å². The summed E-state index contributed by atoms with van der Waals surface area (Å²) in [6.07, 6.45) is 0.856. The van der Waals surface area contributed by atoms with E-state index in [-0.39, 0.29) is 0 Å². The van der Waals surface area contributed by atoms with Crippen LogP contribution in [-0.2, 0) is 0 Å². The van der Waals surface area contributed by atoms with Crippen molar-refractivity contribution in [1.29, 1.82) is 0 Å². The third kappa shape index (κ3) is 4.60. The summed E-state index contributed by atoms with van der Waals surface area (Å²) in [6.45, 7) is 3.37. The Bertz CT molecular complexity index is 511. The van der Waals surface area contributed by atoms with Gasteiger partial charge in [0, 0.05) is 6.42 Å². The minimum Gasteiger partial charge on any atom is -0.493 e. The number of benzene rings is 2. The van der Waals surface area contributed by atoms with Crippen LogP contribution in [0, 0.1) is 6.92 Å². The van der Waals surface area contributed by atoms with Gasteiger partial charge in [0.15, 0.2) is 0 Å². The van der Waals surface area contributed by atoms with E-state index in [4.69, 9.17) is 9.47 Å². The second-order valence-corrected chi connectivity index (χ2v) is 5.15. The summed E-state index contributed by atoms with van der Waals surface area (Å²) in [5.41, 5.74) is 1.21. The van der Waals surface area contributed by atoms with Crippen molar-refractivity contribution in [3.8, 4) is 11.5 Å². The summed E-state index contributed by atoms with van der Waals surface area (Å²) in [5, 5.41) is 0. The fourth-order valence-corrected chi connectivity index (χ4v) is 2.28. The second-order valence-electron chi connectivity index (χ2n) is 4.30. The van der Waals surface area contributed by atoms with Crippen molar-refractivity contribution in [2.24, 2.45) is 0 Å². The highest BCUT2D eigenvalue weighted by Gasteiger charge is 2.00. The quantitative estimate of drug-likeness (QED) is 0.724. The summed E-state index contributed by atoms with van der Waals surface area (Å²) >= 11 is 3.50. The maximum atomic E-state index is 5.70. The van der Waals surface area contributed by atoms with Gasteiger partial charge in [0.1, 0.15) is 11.5 Å². The molecule has 0 aliphatic heterocycles. The van der Waals surface area contributed by atoms with Gasteiger partial charge in [-0.05, 0) is 52.7 Å². The molecule has 0 atom stereocenters. The molecule has 0 radical (unpaired) electrons. The van der Waals surface area contributed by atoms with Crippen molar-refractivity contribution in [2.75, 3.05) is 13.2 Å². The zero-order valence-electron chi connectivity index (χ0n) is 10.9. The highest BCUT2D eigenvalue weighted by atomic mass is 79.9. The van der Waals surface area contributed by atoms with Gasteiger partial charge in [0.05, 0.1) is 17.7 Å². The van der Waals surface area contributed by atoms with Crippen LogP contribution in [0.1, 0.15) is 12.0 Å². The van der Waals surface area contributed by atoms with Gasteiger partial charge >= 0.3 is 0 Å². The number of halogens is 1. The largest absolute Gasteiger partial charge is 0.493 e. The van der Waals surface area contributed by atoms with Gasteiger partial charge in [-0.15, -0.1) is 0 Å². The molecule has 0 heterocycles. The third-order valence-electron chi connectivity index (χ3n) is 2.65. The van der Waals surface area contributed by atoms with E-state index in [0.717, 1.165) is 22.4 Å². The second kappa shape index (κ2) is 7.19. The van der Waals surface area contributed by atoms with Crippen LogP contribution in [0.4, 0.5) is 0 Å². The molecule has 2 aromatic rings. The first-order chi connectivity index (χ1) is 9.25. The van der Waals surface area contributed by atoms with E-state index >= 15 is 0 Å². The Kier molecular flexibility index (Phi) is 5.28. The van der Waals surface area contributed by atoms with Crippen molar-refractivity contribution in [2.45, 2.75) is 13.3 Å². The first-order valence-corrected chi connectivity index (χ1v) is 7.12. The molecular weight excluding hydrogens is 304 g/mol. The van der Waals surface area contributed by atoms with Crippen LogP contribution < -0.4 is 9.47 Å². The molecule has 0 spiro atoms. The predicted molar refractivity (Wildman–Crippen MR) is 80.9 cm³/mol. The summed E-state index contributed by atoms with van der Waals surface area (Å²) in [5.74, 6) is 1.78. The Morgan fingerprint density at radius 2 is 1.68 bits per heavy atom. The SMILES string of the molecule is Cc1ccc(OCCCOc2ccccc2)c(Br)c1. The number of aryl methyl sites for hydroxylation is 1. The summed E-state index contributed by atoms with van der Waals surface area (Å²) in [4.78, 5) is 0. The molecule has 2 rings (SSSR count). The molecule has 3 heteroatoms. The van der Waals surface area contributed by atoms with Crippen LogP contribution >= 0.6 is 15.9 Å². The molecule has 0 amide bonds. The van der Waals surface area contributed by atoms with Crippen molar-refractivity contribution >= 4 is 15.9 Å². The molecule has 0 fully saturated rings. The fraction of sp³-hybridized carbons (Fsp3) is 0.250. The Morgan fingerprint density at radius 3 is 2.42 bits per heavy atom. The molecular formula is C16H17BrO2. The molecule has 0 aromatic heterocycles. The average Bonchev–Trinajstić information content (AvgIpc) is 2.42. The molecule has 100 valence electrons. The first kappa shape index (κ1) is 13.9. The minimum atomic E-state index is 0.647. The normalized spacial score (nSPS) is 10.2. The van der Waals surface area contributed by atoms with Crippen LogP contribution in [0.2, 0.25) is 0 Å². The lowest BCUT2D eigenvalue weighted by Crippen LogP contribution is -2.05. The molecule has 2 aromatic carbocycles. The Morgan fingerprint density at radius 1 is 0.947 bits per heavy atom. The molecule has 0 saturated carbocycles. The number of para-hydroxylation sites is 1. The molecule has 0 aliphatic rings. The van der Waals surface area contributed by atoms with Crippen LogP contribution in [0.5, 0.6) is 11.5 Å². The molecule has 0 aliphatic carbocycles. The summed E-state index contributed by atoms with van der Waals surface area (Å²) in [6, 6.07) is 15.9. The molecule has 2 nitrogen and oxygen atoms in total. The molecule has 19 heavy (non-hydrogen) atoms. The highest BCUT2D eigenvalue weighted by molar-refractivity contribution is 9.10. The lowest BCUT2D eigenvalue weighted by Gasteiger charge is -2.09. The van der Waals surface area contributed by atoms with Crippen molar-refractivity contribution in [3.63, 3.8) is 0 Å². The first-order valence-electron chi connectivity index (χ1n) is 6.32. The molecule has 0 unspecified atom stereocenters.